The molecule has 0 radical (unpaired) electrons. The van der Waals surface area contributed by atoms with E-state index in [1.165, 1.54) is 7.05 Å². The molecule has 2 N–H and O–H groups in total. The molecule has 1 aromatic carbocycles. The highest BCUT2D eigenvalue weighted by Crippen LogP contribution is 2.31. The summed E-state index contributed by atoms with van der Waals surface area (Å²) < 4.78 is 28.2. The van der Waals surface area contributed by atoms with Crippen LogP contribution in [0.5, 0.6) is 5.75 Å². The van der Waals surface area contributed by atoms with Gasteiger partial charge in [-0.3, -0.25) is 4.72 Å². The standard InChI is InChI=1S/C11H13BrN4O3S/c1-6-4-7(2)9(17)8(5-6)14-20(18,19)11-10(12)13-15-16(11)3/h4-5,14,17H,1-3H3. The molecule has 9 heteroatoms. The number of benzene rings is 1. The average molecular weight is 361 g/mol. The Hall–Kier alpha value is -1.61. The van der Waals surface area contributed by atoms with Crippen LogP contribution in [0.2, 0.25) is 0 Å². The molecule has 0 saturated carbocycles. The second-order valence-electron chi connectivity index (χ2n) is 4.39. The summed E-state index contributed by atoms with van der Waals surface area (Å²) >= 11 is 3.04. The number of phenolic OH excluding ortho intramolecular Hbond substituents is 1. The molecule has 1 aromatic heterocycles. The van der Waals surface area contributed by atoms with Gasteiger partial charge in [-0.15, -0.1) is 5.10 Å². The maximum atomic E-state index is 12.3. The number of aromatic hydroxyl groups is 1. The molecule has 0 atom stereocenters. The lowest BCUT2D eigenvalue weighted by molar-refractivity contribution is 0.473. The number of halogens is 1. The molecule has 0 aliphatic carbocycles. The molecule has 0 aliphatic heterocycles. The van der Waals surface area contributed by atoms with Crippen molar-refractivity contribution in [3.63, 3.8) is 0 Å². The van der Waals surface area contributed by atoms with E-state index in [-0.39, 0.29) is 21.1 Å². The maximum absolute atomic E-state index is 12.3. The number of hydrogen-bond acceptors (Lipinski definition) is 5. The third-order valence-electron chi connectivity index (χ3n) is 2.68. The van der Waals surface area contributed by atoms with Crippen LogP contribution in [-0.2, 0) is 17.1 Å². The molecule has 0 amide bonds. The van der Waals surface area contributed by atoms with Crippen LogP contribution in [0.15, 0.2) is 21.8 Å². The Morgan fingerprint density at radius 1 is 1.35 bits per heavy atom. The van der Waals surface area contributed by atoms with Crippen molar-refractivity contribution in [2.75, 3.05) is 4.72 Å². The number of phenols is 1. The van der Waals surface area contributed by atoms with Crippen molar-refractivity contribution in [2.45, 2.75) is 18.9 Å². The first-order valence-corrected chi connectivity index (χ1v) is 7.88. The minimum atomic E-state index is -3.91. The number of nitrogens with zero attached hydrogens (tertiary/aromatic N) is 3. The summed E-state index contributed by atoms with van der Waals surface area (Å²) in [5.74, 6) is -0.106. The number of anilines is 1. The average Bonchev–Trinajstić information content (AvgIpc) is 2.65. The summed E-state index contributed by atoms with van der Waals surface area (Å²) in [6, 6.07) is 3.31. The molecule has 7 nitrogen and oxygen atoms in total. The molecular formula is C11H13BrN4O3S. The first-order valence-electron chi connectivity index (χ1n) is 5.60. The van der Waals surface area contributed by atoms with Crippen LogP contribution in [0.1, 0.15) is 11.1 Å². The highest BCUT2D eigenvalue weighted by molar-refractivity contribution is 9.10. The number of nitrogens with one attached hydrogen (secondary N) is 1. The largest absolute Gasteiger partial charge is 0.505 e. The fourth-order valence-corrected chi connectivity index (χ4v) is 3.99. The molecule has 2 aromatic rings. The van der Waals surface area contributed by atoms with E-state index in [9.17, 15) is 13.5 Å². The molecule has 20 heavy (non-hydrogen) atoms. The number of aryl methyl sites for hydroxylation is 3. The van der Waals surface area contributed by atoms with E-state index in [1.807, 2.05) is 6.92 Å². The van der Waals surface area contributed by atoms with Gasteiger partial charge in [-0.25, -0.2) is 4.68 Å². The second kappa shape index (κ2) is 5.06. The molecule has 2 rings (SSSR count). The van der Waals surface area contributed by atoms with Crippen molar-refractivity contribution < 1.29 is 13.5 Å². The minimum Gasteiger partial charge on any atom is -0.505 e. The van der Waals surface area contributed by atoms with Crippen LogP contribution >= 0.6 is 15.9 Å². The van der Waals surface area contributed by atoms with Gasteiger partial charge in [0.25, 0.3) is 10.0 Å². The summed E-state index contributed by atoms with van der Waals surface area (Å²) in [5.41, 5.74) is 1.54. The van der Waals surface area contributed by atoms with Crippen molar-refractivity contribution in [1.82, 2.24) is 15.0 Å². The van der Waals surface area contributed by atoms with Gasteiger partial charge in [-0.2, -0.15) is 8.42 Å². The Labute approximate surface area is 124 Å². The van der Waals surface area contributed by atoms with Gasteiger partial charge in [-0.05, 0) is 47.0 Å². The molecule has 0 fully saturated rings. The molecule has 0 unspecified atom stereocenters. The van der Waals surface area contributed by atoms with Crippen LogP contribution < -0.4 is 4.72 Å². The van der Waals surface area contributed by atoms with Crippen molar-refractivity contribution in [1.29, 1.82) is 0 Å². The molecule has 0 bridgehead atoms. The van der Waals surface area contributed by atoms with Gasteiger partial charge in [0.1, 0.15) is 5.75 Å². The van der Waals surface area contributed by atoms with Gasteiger partial charge >= 0.3 is 0 Å². The van der Waals surface area contributed by atoms with Crippen LogP contribution in [0.3, 0.4) is 0 Å². The summed E-state index contributed by atoms with van der Waals surface area (Å²) in [6.45, 7) is 3.51. The number of hydrogen-bond donors (Lipinski definition) is 2. The van der Waals surface area contributed by atoms with E-state index in [1.54, 1.807) is 19.1 Å². The summed E-state index contributed by atoms with van der Waals surface area (Å²) in [4.78, 5) is 0. The van der Waals surface area contributed by atoms with Gasteiger partial charge < -0.3 is 5.11 Å². The fraction of sp³-hybridized carbons (Fsp3) is 0.273. The highest BCUT2D eigenvalue weighted by atomic mass is 79.9. The minimum absolute atomic E-state index is 0.106. The molecule has 0 spiro atoms. The third-order valence-corrected chi connectivity index (χ3v) is 4.93. The van der Waals surface area contributed by atoms with Crippen molar-refractivity contribution in [2.24, 2.45) is 7.05 Å². The Morgan fingerprint density at radius 3 is 2.55 bits per heavy atom. The Morgan fingerprint density at radius 2 is 2.00 bits per heavy atom. The topological polar surface area (TPSA) is 97.1 Å². The first kappa shape index (κ1) is 14.8. The monoisotopic (exact) mass is 360 g/mol. The van der Waals surface area contributed by atoms with Gasteiger partial charge in [0.15, 0.2) is 4.60 Å². The van der Waals surface area contributed by atoms with Gasteiger partial charge in [-0.1, -0.05) is 11.3 Å². The van der Waals surface area contributed by atoms with Crippen LogP contribution in [-0.4, -0.2) is 28.5 Å². The summed E-state index contributed by atoms with van der Waals surface area (Å²) in [5, 5.41) is 17.1. The Bertz CT molecular complexity index is 751. The molecule has 0 aliphatic rings. The van der Waals surface area contributed by atoms with Crippen molar-refractivity contribution in [3.05, 3.63) is 27.9 Å². The zero-order chi connectivity index (χ0) is 15.1. The van der Waals surface area contributed by atoms with Crippen LogP contribution in [0.25, 0.3) is 0 Å². The maximum Gasteiger partial charge on any atom is 0.282 e. The second-order valence-corrected chi connectivity index (χ2v) is 6.74. The molecule has 0 saturated heterocycles. The lowest BCUT2D eigenvalue weighted by atomic mass is 10.1. The van der Waals surface area contributed by atoms with Gasteiger partial charge in [0.05, 0.1) is 5.69 Å². The molecule has 108 valence electrons. The van der Waals surface area contributed by atoms with E-state index < -0.39 is 10.0 Å². The normalized spacial score (nSPS) is 11.6. The zero-order valence-electron chi connectivity index (χ0n) is 11.0. The third kappa shape index (κ3) is 2.63. The predicted octanol–water partition coefficient (Wildman–Crippen LogP) is 1.70. The quantitative estimate of drug-likeness (QED) is 0.811. The van der Waals surface area contributed by atoms with E-state index in [0.717, 1.165) is 10.2 Å². The Kier molecular flexibility index (Phi) is 3.74. The van der Waals surface area contributed by atoms with Crippen LogP contribution in [0, 0.1) is 13.8 Å². The number of sulfonamides is 1. The lowest BCUT2D eigenvalue weighted by Crippen LogP contribution is -2.17. The predicted molar refractivity (Wildman–Crippen MR) is 77.1 cm³/mol. The highest BCUT2D eigenvalue weighted by Gasteiger charge is 2.25. The van der Waals surface area contributed by atoms with E-state index >= 15 is 0 Å². The summed E-state index contributed by atoms with van der Waals surface area (Å²) in [6.07, 6.45) is 0. The SMILES string of the molecule is Cc1cc(C)c(O)c(NS(=O)(=O)c2c(Br)nnn2C)c1. The lowest BCUT2D eigenvalue weighted by Gasteiger charge is -2.12. The van der Waals surface area contributed by atoms with Crippen LogP contribution in [0.4, 0.5) is 5.69 Å². The van der Waals surface area contributed by atoms with Gasteiger partial charge in [0.2, 0.25) is 5.03 Å². The smallest absolute Gasteiger partial charge is 0.282 e. The fourth-order valence-electron chi connectivity index (χ4n) is 1.84. The Balaban J connectivity index is 2.49. The van der Waals surface area contributed by atoms with Gasteiger partial charge in [0, 0.05) is 7.05 Å². The van der Waals surface area contributed by atoms with Crippen molar-refractivity contribution in [3.8, 4) is 5.75 Å². The van der Waals surface area contributed by atoms with E-state index in [0.29, 0.717) is 5.56 Å². The van der Waals surface area contributed by atoms with E-state index in [2.05, 4.69) is 31.0 Å². The molecule has 1 heterocycles. The van der Waals surface area contributed by atoms with Crippen molar-refractivity contribution >= 4 is 31.6 Å². The first-order chi connectivity index (χ1) is 9.22. The zero-order valence-corrected chi connectivity index (χ0v) is 13.4. The molecular weight excluding hydrogens is 348 g/mol. The number of aromatic nitrogens is 3. The summed E-state index contributed by atoms with van der Waals surface area (Å²) in [7, 11) is -2.44. The number of rotatable bonds is 3. The van der Waals surface area contributed by atoms with E-state index in [4.69, 9.17) is 0 Å².